The third kappa shape index (κ3) is 1.99. The quantitative estimate of drug-likeness (QED) is 0.875. The Labute approximate surface area is 119 Å². The largest absolute Gasteiger partial charge is 0.396 e. The van der Waals surface area contributed by atoms with Gasteiger partial charge in [-0.05, 0) is 17.5 Å². The van der Waals surface area contributed by atoms with Crippen LogP contribution in [0.25, 0.3) is 0 Å². The van der Waals surface area contributed by atoms with Gasteiger partial charge >= 0.3 is 5.69 Å². The van der Waals surface area contributed by atoms with Gasteiger partial charge in [-0.25, -0.2) is 4.79 Å². The molecule has 104 valence electrons. The van der Waals surface area contributed by atoms with Crippen molar-refractivity contribution in [1.29, 1.82) is 0 Å². The Morgan fingerprint density at radius 2 is 2.00 bits per heavy atom. The molecule has 1 aliphatic rings. The molecule has 2 aromatic rings. The van der Waals surface area contributed by atoms with Crippen LogP contribution in [0.1, 0.15) is 29.5 Å². The minimum Gasteiger partial charge on any atom is -0.396 e. The molecule has 0 saturated carbocycles. The number of H-pyrrole nitrogens is 1. The Balaban J connectivity index is 2.16. The second-order valence-corrected chi connectivity index (χ2v) is 5.31. The first kappa shape index (κ1) is 13.1. The van der Waals surface area contributed by atoms with Crippen LogP contribution in [0, 0.1) is 0 Å². The van der Waals surface area contributed by atoms with E-state index < -0.39 is 11.2 Å². The number of rotatable bonds is 2. The standard InChI is InChI=1S/C14H13ClN2O3/c15-11-6-17(14(20)16-13(11)19)12-5-8(7-18)9-3-1-2-4-10(9)12/h1-4,6,8,12,18H,5,7H2,(H,16,19,20)/t8-,12-/m1/s1. The van der Waals surface area contributed by atoms with E-state index in [0.717, 1.165) is 11.1 Å². The lowest BCUT2D eigenvalue weighted by Crippen LogP contribution is -2.32. The molecule has 0 unspecified atom stereocenters. The molecule has 1 aromatic carbocycles. The summed E-state index contributed by atoms with van der Waals surface area (Å²) in [5, 5.41) is 9.46. The van der Waals surface area contributed by atoms with Gasteiger partial charge in [-0.15, -0.1) is 0 Å². The highest BCUT2D eigenvalue weighted by Crippen LogP contribution is 2.41. The number of hydrogen-bond acceptors (Lipinski definition) is 3. The minimum absolute atomic E-state index is 0.00574. The molecule has 0 aliphatic heterocycles. The second kappa shape index (κ2) is 4.92. The molecule has 1 aromatic heterocycles. The molecule has 1 heterocycles. The van der Waals surface area contributed by atoms with E-state index in [4.69, 9.17) is 11.6 Å². The van der Waals surface area contributed by atoms with Crippen molar-refractivity contribution < 1.29 is 5.11 Å². The summed E-state index contributed by atoms with van der Waals surface area (Å²) in [5.41, 5.74) is 0.946. The second-order valence-electron chi connectivity index (χ2n) is 4.90. The lowest BCUT2D eigenvalue weighted by Gasteiger charge is -2.15. The van der Waals surface area contributed by atoms with Crippen molar-refractivity contribution in [2.24, 2.45) is 0 Å². The smallest absolute Gasteiger partial charge is 0.328 e. The number of fused-ring (bicyclic) bond motifs is 1. The van der Waals surface area contributed by atoms with Gasteiger partial charge in [0.2, 0.25) is 0 Å². The van der Waals surface area contributed by atoms with Crippen LogP contribution in [0.5, 0.6) is 0 Å². The average Bonchev–Trinajstić information content (AvgIpc) is 2.82. The van der Waals surface area contributed by atoms with E-state index in [1.54, 1.807) is 0 Å². The van der Waals surface area contributed by atoms with Gasteiger partial charge in [0.15, 0.2) is 0 Å². The molecule has 0 amide bonds. The predicted molar refractivity (Wildman–Crippen MR) is 75.4 cm³/mol. The molecule has 2 atom stereocenters. The Morgan fingerprint density at radius 3 is 2.70 bits per heavy atom. The predicted octanol–water partition coefficient (Wildman–Crippen LogP) is 1.26. The first-order valence-corrected chi connectivity index (χ1v) is 6.70. The molecule has 0 saturated heterocycles. The van der Waals surface area contributed by atoms with E-state index >= 15 is 0 Å². The lowest BCUT2D eigenvalue weighted by atomic mass is 10.0. The SMILES string of the molecule is O=c1[nH]c(=O)n([C@@H]2C[C@H](CO)c3ccccc32)cc1Cl. The number of halogens is 1. The molecule has 0 fully saturated rings. The summed E-state index contributed by atoms with van der Waals surface area (Å²) in [6.07, 6.45) is 1.97. The molecular formula is C14H13ClN2O3. The third-order valence-electron chi connectivity index (χ3n) is 3.78. The van der Waals surface area contributed by atoms with Crippen molar-refractivity contribution in [2.75, 3.05) is 6.61 Å². The fourth-order valence-electron chi connectivity index (χ4n) is 2.84. The van der Waals surface area contributed by atoms with Gasteiger partial charge in [0.25, 0.3) is 5.56 Å². The van der Waals surface area contributed by atoms with Crippen LogP contribution in [-0.2, 0) is 0 Å². The fourth-order valence-corrected chi connectivity index (χ4v) is 2.99. The number of hydrogen-bond donors (Lipinski definition) is 2. The molecule has 3 rings (SSSR count). The van der Waals surface area contributed by atoms with Crippen LogP contribution < -0.4 is 11.2 Å². The summed E-state index contributed by atoms with van der Waals surface area (Å²) < 4.78 is 1.43. The van der Waals surface area contributed by atoms with Crippen molar-refractivity contribution in [3.05, 3.63) is 67.4 Å². The minimum atomic E-state index is -0.585. The first-order chi connectivity index (χ1) is 9.61. The van der Waals surface area contributed by atoms with E-state index in [0.29, 0.717) is 6.42 Å². The summed E-state index contributed by atoms with van der Waals surface area (Å²) in [5.74, 6) is -0.00574. The monoisotopic (exact) mass is 292 g/mol. The van der Waals surface area contributed by atoms with Crippen LogP contribution in [-0.4, -0.2) is 21.3 Å². The maximum atomic E-state index is 12.0. The Hall–Kier alpha value is -1.85. The maximum Gasteiger partial charge on any atom is 0.328 e. The van der Waals surface area contributed by atoms with E-state index in [1.165, 1.54) is 10.8 Å². The van der Waals surface area contributed by atoms with Gasteiger partial charge in [0.05, 0.1) is 12.6 Å². The Kier molecular flexibility index (Phi) is 3.23. The van der Waals surface area contributed by atoms with Crippen molar-refractivity contribution in [3.8, 4) is 0 Å². The number of nitrogens with one attached hydrogen (secondary N) is 1. The summed E-state index contributed by atoms with van der Waals surface area (Å²) >= 11 is 5.81. The normalized spacial score (nSPS) is 20.9. The van der Waals surface area contributed by atoms with Gasteiger partial charge in [0, 0.05) is 12.1 Å². The van der Waals surface area contributed by atoms with Gasteiger partial charge in [-0.1, -0.05) is 35.9 Å². The van der Waals surface area contributed by atoms with Gasteiger partial charge < -0.3 is 5.11 Å². The molecule has 5 nitrogen and oxygen atoms in total. The van der Waals surface area contributed by atoms with Crippen molar-refractivity contribution >= 4 is 11.6 Å². The topological polar surface area (TPSA) is 75.1 Å². The van der Waals surface area contributed by atoms with Gasteiger partial charge in [-0.3, -0.25) is 14.3 Å². The highest BCUT2D eigenvalue weighted by Gasteiger charge is 2.32. The Bertz CT molecular complexity index is 765. The summed E-state index contributed by atoms with van der Waals surface area (Å²) in [4.78, 5) is 25.5. The van der Waals surface area contributed by atoms with Crippen molar-refractivity contribution in [3.63, 3.8) is 0 Å². The number of aliphatic hydroxyl groups excluding tert-OH is 1. The van der Waals surface area contributed by atoms with E-state index in [9.17, 15) is 14.7 Å². The molecule has 6 heteroatoms. The summed E-state index contributed by atoms with van der Waals surface area (Å²) in [7, 11) is 0. The number of nitrogens with zero attached hydrogens (tertiary/aromatic N) is 1. The molecular weight excluding hydrogens is 280 g/mol. The number of aromatic amines is 1. The zero-order chi connectivity index (χ0) is 14.3. The molecule has 20 heavy (non-hydrogen) atoms. The van der Waals surface area contributed by atoms with Gasteiger partial charge in [0.1, 0.15) is 5.02 Å². The molecule has 1 aliphatic carbocycles. The zero-order valence-corrected chi connectivity index (χ0v) is 11.3. The number of aliphatic hydroxyl groups is 1. The highest BCUT2D eigenvalue weighted by molar-refractivity contribution is 6.30. The average molecular weight is 293 g/mol. The zero-order valence-electron chi connectivity index (χ0n) is 10.5. The van der Waals surface area contributed by atoms with Gasteiger partial charge in [-0.2, -0.15) is 0 Å². The highest BCUT2D eigenvalue weighted by atomic mass is 35.5. The van der Waals surface area contributed by atoms with Crippen molar-refractivity contribution in [1.82, 2.24) is 9.55 Å². The molecule has 2 N–H and O–H groups in total. The summed E-state index contributed by atoms with van der Waals surface area (Å²) in [6.45, 7) is 0.0271. The van der Waals surface area contributed by atoms with E-state index in [1.807, 2.05) is 24.3 Å². The van der Waals surface area contributed by atoms with Crippen molar-refractivity contribution in [2.45, 2.75) is 18.4 Å². The van der Waals surface area contributed by atoms with Crippen LogP contribution in [0.4, 0.5) is 0 Å². The molecule has 0 radical (unpaired) electrons. The van der Waals surface area contributed by atoms with Crippen LogP contribution in [0.2, 0.25) is 5.02 Å². The first-order valence-electron chi connectivity index (χ1n) is 6.32. The van der Waals surface area contributed by atoms with Crippen LogP contribution in [0.15, 0.2) is 40.1 Å². The van der Waals surface area contributed by atoms with Crippen LogP contribution >= 0.6 is 11.6 Å². The van der Waals surface area contributed by atoms with Crippen LogP contribution in [0.3, 0.4) is 0 Å². The lowest BCUT2D eigenvalue weighted by molar-refractivity contribution is 0.258. The molecule has 0 bridgehead atoms. The fraction of sp³-hybridized carbons (Fsp3) is 0.286. The summed E-state index contributed by atoms with van der Waals surface area (Å²) in [6, 6.07) is 7.47. The number of benzene rings is 1. The number of aromatic nitrogens is 2. The van der Waals surface area contributed by atoms with E-state index in [-0.39, 0.29) is 23.6 Å². The van der Waals surface area contributed by atoms with E-state index in [2.05, 4.69) is 4.98 Å². The third-order valence-corrected chi connectivity index (χ3v) is 4.05. The Morgan fingerprint density at radius 1 is 1.30 bits per heavy atom. The molecule has 0 spiro atoms. The maximum absolute atomic E-state index is 12.0.